The van der Waals surface area contributed by atoms with Crippen molar-refractivity contribution in [2.75, 3.05) is 0 Å². The Morgan fingerprint density at radius 2 is 1.89 bits per heavy atom. The summed E-state index contributed by atoms with van der Waals surface area (Å²) >= 11 is 3.44. The summed E-state index contributed by atoms with van der Waals surface area (Å²) in [6.45, 7) is 0. The molecule has 0 fully saturated rings. The zero-order chi connectivity index (χ0) is 12.5. The molecule has 88 valence electrons. The van der Waals surface area contributed by atoms with Crippen molar-refractivity contribution in [1.82, 2.24) is 0 Å². The Morgan fingerprint density at radius 1 is 1.06 bits per heavy atom. The second kappa shape index (κ2) is 4.54. The lowest BCUT2D eigenvalue weighted by molar-refractivity contribution is 0.104. The number of hydrogen-bond donors (Lipinski definition) is 0. The number of carbonyl (C=O) groups is 1. The van der Waals surface area contributed by atoms with Gasteiger partial charge in [0.15, 0.2) is 5.78 Å². The van der Waals surface area contributed by atoms with Gasteiger partial charge in [0.05, 0.1) is 0 Å². The fourth-order valence-electron chi connectivity index (χ4n) is 2.27. The largest absolute Gasteiger partial charge is 0.289 e. The molecule has 0 bridgehead atoms. The molecule has 0 amide bonds. The van der Waals surface area contributed by atoms with Gasteiger partial charge in [0.1, 0.15) is 0 Å². The molecule has 3 rings (SSSR count). The van der Waals surface area contributed by atoms with E-state index in [2.05, 4.69) is 15.9 Å². The highest BCUT2D eigenvalue weighted by atomic mass is 79.9. The van der Waals surface area contributed by atoms with E-state index in [1.165, 1.54) is 0 Å². The van der Waals surface area contributed by atoms with Gasteiger partial charge in [0.25, 0.3) is 0 Å². The molecule has 0 aromatic heterocycles. The van der Waals surface area contributed by atoms with Gasteiger partial charge in [0.2, 0.25) is 0 Å². The molecule has 0 saturated carbocycles. The molecule has 2 heteroatoms. The van der Waals surface area contributed by atoms with Crippen molar-refractivity contribution >= 4 is 27.8 Å². The number of fused-ring (bicyclic) bond motifs is 1. The van der Waals surface area contributed by atoms with E-state index in [9.17, 15) is 4.79 Å². The first-order valence-corrected chi connectivity index (χ1v) is 6.62. The highest BCUT2D eigenvalue weighted by Gasteiger charge is 2.23. The highest BCUT2D eigenvalue weighted by Crippen LogP contribution is 2.27. The van der Waals surface area contributed by atoms with Gasteiger partial charge < -0.3 is 0 Å². The molecule has 1 aliphatic carbocycles. The number of rotatable bonds is 1. The topological polar surface area (TPSA) is 17.1 Å². The van der Waals surface area contributed by atoms with Crippen molar-refractivity contribution in [3.8, 4) is 0 Å². The summed E-state index contributed by atoms with van der Waals surface area (Å²) in [6, 6.07) is 15.8. The third-order valence-electron chi connectivity index (χ3n) is 3.12. The molecule has 0 spiro atoms. The normalized spacial score (nSPS) is 16.1. The summed E-state index contributed by atoms with van der Waals surface area (Å²) in [4.78, 5) is 12.2. The maximum absolute atomic E-state index is 12.2. The van der Waals surface area contributed by atoms with E-state index in [0.29, 0.717) is 0 Å². The lowest BCUT2D eigenvalue weighted by atomic mass is 10.1. The van der Waals surface area contributed by atoms with Gasteiger partial charge in [-0.15, -0.1) is 0 Å². The van der Waals surface area contributed by atoms with Gasteiger partial charge >= 0.3 is 0 Å². The Bertz CT molecular complexity index is 656. The van der Waals surface area contributed by atoms with Crippen LogP contribution in [0.25, 0.3) is 6.08 Å². The van der Waals surface area contributed by atoms with Gasteiger partial charge in [-0.25, -0.2) is 0 Å². The van der Waals surface area contributed by atoms with E-state index in [4.69, 9.17) is 0 Å². The Labute approximate surface area is 114 Å². The summed E-state index contributed by atoms with van der Waals surface area (Å²) in [5, 5.41) is 0. The zero-order valence-electron chi connectivity index (χ0n) is 9.69. The molecule has 2 aromatic rings. The van der Waals surface area contributed by atoms with Crippen molar-refractivity contribution in [2.45, 2.75) is 6.42 Å². The van der Waals surface area contributed by atoms with E-state index in [0.717, 1.165) is 33.2 Å². The fourth-order valence-corrected chi connectivity index (χ4v) is 2.69. The van der Waals surface area contributed by atoms with E-state index < -0.39 is 0 Å². The smallest absolute Gasteiger partial charge is 0.189 e. The standard InChI is InChI=1S/C16H11BrO/c17-14-6-3-4-11(9-14)8-13-10-12-5-1-2-7-15(12)16(13)18/h1-9H,10H2/b13-8-. The van der Waals surface area contributed by atoms with Crippen LogP contribution >= 0.6 is 15.9 Å². The predicted octanol–water partition coefficient (Wildman–Crippen LogP) is 4.27. The van der Waals surface area contributed by atoms with Crippen LogP contribution in [-0.2, 0) is 6.42 Å². The SMILES string of the molecule is O=C1/C(=C\c2cccc(Br)c2)Cc2ccccc21. The van der Waals surface area contributed by atoms with Crippen LogP contribution in [0.15, 0.2) is 58.6 Å². The van der Waals surface area contributed by atoms with Crippen molar-refractivity contribution in [2.24, 2.45) is 0 Å². The predicted molar refractivity (Wildman–Crippen MR) is 76.6 cm³/mol. The zero-order valence-corrected chi connectivity index (χ0v) is 11.3. The Hall–Kier alpha value is -1.67. The Morgan fingerprint density at radius 3 is 2.67 bits per heavy atom. The van der Waals surface area contributed by atoms with E-state index in [-0.39, 0.29) is 5.78 Å². The fraction of sp³-hybridized carbons (Fsp3) is 0.0625. The molecule has 2 aromatic carbocycles. The molecule has 1 nitrogen and oxygen atoms in total. The van der Waals surface area contributed by atoms with E-state index in [1.54, 1.807) is 0 Å². The van der Waals surface area contributed by atoms with Gasteiger partial charge in [-0.05, 0) is 29.3 Å². The van der Waals surface area contributed by atoms with Crippen LogP contribution in [0.2, 0.25) is 0 Å². The van der Waals surface area contributed by atoms with Crippen LogP contribution in [0.1, 0.15) is 21.5 Å². The van der Waals surface area contributed by atoms with Gasteiger partial charge in [0, 0.05) is 22.0 Å². The van der Waals surface area contributed by atoms with Crippen LogP contribution in [0.3, 0.4) is 0 Å². The Balaban J connectivity index is 1.99. The minimum atomic E-state index is 0.158. The number of Topliss-reactive ketones (excluding diaryl/α,β-unsaturated/α-hetero) is 1. The quantitative estimate of drug-likeness (QED) is 0.719. The average molecular weight is 299 g/mol. The lowest BCUT2D eigenvalue weighted by Gasteiger charge is -1.97. The first kappa shape index (κ1) is 11.4. The monoisotopic (exact) mass is 298 g/mol. The van der Waals surface area contributed by atoms with Crippen LogP contribution in [0, 0.1) is 0 Å². The Kier molecular flexibility index (Phi) is 2.88. The third-order valence-corrected chi connectivity index (χ3v) is 3.62. The van der Waals surface area contributed by atoms with Crippen molar-refractivity contribution in [3.05, 3.63) is 75.3 Å². The number of ketones is 1. The summed E-state index contributed by atoms with van der Waals surface area (Å²) in [6.07, 6.45) is 2.72. The number of halogens is 1. The maximum Gasteiger partial charge on any atom is 0.189 e. The summed E-state index contributed by atoms with van der Waals surface area (Å²) < 4.78 is 1.03. The second-order valence-electron chi connectivity index (χ2n) is 4.39. The van der Waals surface area contributed by atoms with E-state index >= 15 is 0 Å². The molecular formula is C16H11BrO. The molecule has 0 heterocycles. The minimum absolute atomic E-state index is 0.158. The maximum atomic E-state index is 12.2. The summed E-state index contributed by atoms with van der Waals surface area (Å²) in [5.41, 5.74) is 3.90. The van der Waals surface area contributed by atoms with Crippen LogP contribution in [0.5, 0.6) is 0 Å². The molecule has 0 unspecified atom stereocenters. The van der Waals surface area contributed by atoms with E-state index in [1.807, 2.05) is 54.6 Å². The second-order valence-corrected chi connectivity index (χ2v) is 5.30. The third kappa shape index (κ3) is 2.04. The molecule has 0 aliphatic heterocycles. The van der Waals surface area contributed by atoms with Crippen LogP contribution in [-0.4, -0.2) is 5.78 Å². The van der Waals surface area contributed by atoms with Crippen LogP contribution in [0.4, 0.5) is 0 Å². The molecular weight excluding hydrogens is 288 g/mol. The number of carbonyl (C=O) groups excluding carboxylic acids is 1. The van der Waals surface area contributed by atoms with Gasteiger partial charge in [-0.1, -0.05) is 52.3 Å². The summed E-state index contributed by atoms with van der Waals surface area (Å²) in [7, 11) is 0. The molecule has 1 aliphatic rings. The van der Waals surface area contributed by atoms with Crippen LogP contribution < -0.4 is 0 Å². The van der Waals surface area contributed by atoms with Crippen molar-refractivity contribution < 1.29 is 4.79 Å². The number of allylic oxidation sites excluding steroid dienone is 1. The van der Waals surface area contributed by atoms with Gasteiger partial charge in [-0.2, -0.15) is 0 Å². The van der Waals surface area contributed by atoms with Crippen molar-refractivity contribution in [1.29, 1.82) is 0 Å². The first-order chi connectivity index (χ1) is 8.74. The molecule has 0 saturated heterocycles. The average Bonchev–Trinajstić information content (AvgIpc) is 2.67. The highest BCUT2D eigenvalue weighted by molar-refractivity contribution is 9.10. The van der Waals surface area contributed by atoms with Gasteiger partial charge in [-0.3, -0.25) is 4.79 Å². The summed E-state index contributed by atoms with van der Waals surface area (Å²) in [5.74, 6) is 0.158. The number of hydrogen-bond acceptors (Lipinski definition) is 1. The first-order valence-electron chi connectivity index (χ1n) is 5.83. The molecule has 0 radical (unpaired) electrons. The lowest BCUT2D eigenvalue weighted by Crippen LogP contribution is -1.94. The number of benzene rings is 2. The molecule has 0 atom stereocenters. The molecule has 18 heavy (non-hydrogen) atoms. The van der Waals surface area contributed by atoms with Crippen molar-refractivity contribution in [3.63, 3.8) is 0 Å². The molecule has 0 N–H and O–H groups in total. The minimum Gasteiger partial charge on any atom is -0.289 e.